The number of nitrogens with one attached hydrogen (secondary N) is 2. The number of aryl methyl sites for hydroxylation is 2. The highest BCUT2D eigenvalue weighted by Gasteiger charge is 2.15. The summed E-state index contributed by atoms with van der Waals surface area (Å²) in [7, 11) is 0. The van der Waals surface area contributed by atoms with Crippen LogP contribution in [0.2, 0.25) is 0 Å². The van der Waals surface area contributed by atoms with Gasteiger partial charge in [-0.3, -0.25) is 10.1 Å². The number of hydrogen-bond donors (Lipinski definition) is 2. The molecule has 7 heteroatoms. The Bertz CT molecular complexity index is 1070. The standard InChI is InChI=1S/C23H24N4OS.ClH/c28-22(19-7-8-20-14-24-10-9-18(20)13-19)25-23-27-26-21(29-23)12-15-5-6-16-3-1-2-4-17(16)11-15;/h5-8,11,13,24H,1-4,9-10,12,14H2,(H,25,27,28);1H. The molecule has 156 valence electrons. The van der Waals surface area contributed by atoms with Gasteiger partial charge in [-0.1, -0.05) is 35.6 Å². The van der Waals surface area contributed by atoms with Crippen LogP contribution in [0.3, 0.4) is 0 Å². The Morgan fingerprint density at radius 3 is 2.67 bits per heavy atom. The first-order valence-corrected chi connectivity index (χ1v) is 11.1. The number of halogens is 1. The summed E-state index contributed by atoms with van der Waals surface area (Å²) in [5, 5.41) is 16.2. The van der Waals surface area contributed by atoms with E-state index in [2.05, 4.69) is 39.0 Å². The van der Waals surface area contributed by atoms with E-state index in [1.165, 1.54) is 64.8 Å². The van der Waals surface area contributed by atoms with Crippen LogP contribution in [0.1, 0.15) is 56.0 Å². The van der Waals surface area contributed by atoms with Crippen molar-refractivity contribution >= 4 is 34.8 Å². The lowest BCUT2D eigenvalue weighted by Crippen LogP contribution is -2.24. The molecule has 0 radical (unpaired) electrons. The van der Waals surface area contributed by atoms with Crippen molar-refractivity contribution in [1.29, 1.82) is 0 Å². The summed E-state index contributed by atoms with van der Waals surface area (Å²) in [6, 6.07) is 12.7. The largest absolute Gasteiger partial charge is 0.312 e. The van der Waals surface area contributed by atoms with Crippen molar-refractivity contribution in [2.75, 3.05) is 11.9 Å². The average Bonchev–Trinajstić information content (AvgIpc) is 3.20. The molecule has 2 N–H and O–H groups in total. The smallest absolute Gasteiger partial charge is 0.257 e. The second-order valence-corrected chi connectivity index (χ2v) is 8.91. The molecule has 30 heavy (non-hydrogen) atoms. The lowest BCUT2D eigenvalue weighted by atomic mass is 9.90. The number of benzene rings is 2. The van der Waals surface area contributed by atoms with Gasteiger partial charge < -0.3 is 5.32 Å². The van der Waals surface area contributed by atoms with Gasteiger partial charge in [0.1, 0.15) is 5.01 Å². The first kappa shape index (κ1) is 21.0. The summed E-state index contributed by atoms with van der Waals surface area (Å²) in [4.78, 5) is 12.6. The van der Waals surface area contributed by atoms with Crippen LogP contribution in [-0.2, 0) is 32.2 Å². The summed E-state index contributed by atoms with van der Waals surface area (Å²) in [5.41, 5.74) is 7.44. The van der Waals surface area contributed by atoms with Crippen molar-refractivity contribution < 1.29 is 4.79 Å². The fourth-order valence-electron chi connectivity index (χ4n) is 4.23. The average molecular weight is 441 g/mol. The highest BCUT2D eigenvalue weighted by atomic mass is 35.5. The van der Waals surface area contributed by atoms with Gasteiger partial charge in [0.2, 0.25) is 5.13 Å². The van der Waals surface area contributed by atoms with Gasteiger partial charge in [-0.15, -0.1) is 22.6 Å². The van der Waals surface area contributed by atoms with E-state index < -0.39 is 0 Å². The Hall–Kier alpha value is -2.28. The normalized spacial score (nSPS) is 14.9. The van der Waals surface area contributed by atoms with E-state index in [1.54, 1.807) is 0 Å². The fraction of sp³-hybridized carbons (Fsp3) is 0.348. The summed E-state index contributed by atoms with van der Waals surface area (Å²) in [5.74, 6) is -0.122. The Balaban J connectivity index is 0.00000218. The minimum Gasteiger partial charge on any atom is -0.312 e. The van der Waals surface area contributed by atoms with E-state index in [9.17, 15) is 4.79 Å². The van der Waals surface area contributed by atoms with E-state index in [1.807, 2.05) is 18.2 Å². The maximum absolute atomic E-state index is 12.6. The van der Waals surface area contributed by atoms with Crippen LogP contribution in [0.25, 0.3) is 0 Å². The molecule has 1 aliphatic carbocycles. The van der Waals surface area contributed by atoms with E-state index in [0.717, 1.165) is 30.9 Å². The molecular weight excluding hydrogens is 416 g/mol. The molecule has 1 aromatic heterocycles. The van der Waals surface area contributed by atoms with Gasteiger partial charge in [0, 0.05) is 18.5 Å². The van der Waals surface area contributed by atoms with Crippen LogP contribution < -0.4 is 10.6 Å². The van der Waals surface area contributed by atoms with Crippen LogP contribution in [-0.4, -0.2) is 22.6 Å². The van der Waals surface area contributed by atoms with Gasteiger partial charge in [0.15, 0.2) is 0 Å². The van der Waals surface area contributed by atoms with Crippen molar-refractivity contribution in [3.05, 3.63) is 74.8 Å². The molecule has 0 atom stereocenters. The van der Waals surface area contributed by atoms with Crippen LogP contribution >= 0.6 is 23.7 Å². The van der Waals surface area contributed by atoms with E-state index in [0.29, 0.717) is 10.7 Å². The van der Waals surface area contributed by atoms with Gasteiger partial charge >= 0.3 is 0 Å². The van der Waals surface area contributed by atoms with E-state index >= 15 is 0 Å². The topological polar surface area (TPSA) is 66.9 Å². The van der Waals surface area contributed by atoms with Crippen molar-refractivity contribution in [3.8, 4) is 0 Å². The van der Waals surface area contributed by atoms with E-state index in [4.69, 9.17) is 0 Å². The molecule has 2 aromatic carbocycles. The molecule has 5 rings (SSSR count). The number of carbonyl (C=O) groups excluding carboxylic acids is 1. The lowest BCUT2D eigenvalue weighted by Gasteiger charge is -2.17. The summed E-state index contributed by atoms with van der Waals surface area (Å²) < 4.78 is 0. The van der Waals surface area contributed by atoms with Crippen LogP contribution in [0.4, 0.5) is 5.13 Å². The molecule has 0 saturated heterocycles. The van der Waals surface area contributed by atoms with Gasteiger partial charge in [-0.25, -0.2) is 0 Å². The fourth-order valence-corrected chi connectivity index (χ4v) is 5.00. The van der Waals surface area contributed by atoms with Crippen molar-refractivity contribution in [3.63, 3.8) is 0 Å². The number of anilines is 1. The van der Waals surface area contributed by atoms with Crippen molar-refractivity contribution in [2.45, 2.75) is 45.1 Å². The van der Waals surface area contributed by atoms with Crippen LogP contribution in [0.5, 0.6) is 0 Å². The Kier molecular flexibility index (Phi) is 6.46. The van der Waals surface area contributed by atoms with Gasteiger partial charge in [-0.05, 0) is 78.6 Å². The maximum Gasteiger partial charge on any atom is 0.257 e. The Morgan fingerprint density at radius 1 is 0.967 bits per heavy atom. The van der Waals surface area contributed by atoms with E-state index in [-0.39, 0.29) is 18.3 Å². The second kappa shape index (κ2) is 9.25. The molecule has 1 amide bonds. The summed E-state index contributed by atoms with van der Waals surface area (Å²) >= 11 is 1.45. The van der Waals surface area contributed by atoms with Gasteiger partial charge in [-0.2, -0.15) is 0 Å². The zero-order valence-corrected chi connectivity index (χ0v) is 18.4. The molecule has 3 aromatic rings. The number of carbonyl (C=O) groups is 1. The zero-order valence-electron chi connectivity index (χ0n) is 16.7. The van der Waals surface area contributed by atoms with Gasteiger partial charge in [0.05, 0.1) is 0 Å². The quantitative estimate of drug-likeness (QED) is 0.633. The first-order valence-electron chi connectivity index (χ1n) is 10.3. The summed E-state index contributed by atoms with van der Waals surface area (Å²) in [6.45, 7) is 1.83. The number of amides is 1. The van der Waals surface area contributed by atoms with Crippen molar-refractivity contribution in [2.24, 2.45) is 0 Å². The Labute approximate surface area is 186 Å². The SMILES string of the molecule is Cl.O=C(Nc1nnc(Cc2ccc3c(c2)CCCC3)s1)c1ccc2c(c1)CCNC2. The molecule has 0 fully saturated rings. The molecule has 0 bridgehead atoms. The monoisotopic (exact) mass is 440 g/mol. The molecule has 5 nitrogen and oxygen atoms in total. The van der Waals surface area contributed by atoms with Crippen LogP contribution in [0, 0.1) is 0 Å². The number of rotatable bonds is 4. The molecule has 0 spiro atoms. The highest BCUT2D eigenvalue weighted by Crippen LogP contribution is 2.25. The van der Waals surface area contributed by atoms with Crippen LogP contribution in [0.15, 0.2) is 36.4 Å². The molecule has 2 aliphatic rings. The third kappa shape index (κ3) is 4.56. The predicted molar refractivity (Wildman–Crippen MR) is 123 cm³/mol. The van der Waals surface area contributed by atoms with Crippen molar-refractivity contribution in [1.82, 2.24) is 15.5 Å². The molecular formula is C23H25ClN4OS. The highest BCUT2D eigenvalue weighted by molar-refractivity contribution is 7.15. The predicted octanol–water partition coefficient (Wildman–Crippen LogP) is 4.33. The minimum absolute atomic E-state index is 0. The third-order valence-corrected chi connectivity index (χ3v) is 6.65. The number of aromatic nitrogens is 2. The number of hydrogen-bond acceptors (Lipinski definition) is 5. The number of fused-ring (bicyclic) bond motifs is 2. The summed E-state index contributed by atoms with van der Waals surface area (Å²) in [6.07, 6.45) is 6.67. The Morgan fingerprint density at radius 2 is 1.77 bits per heavy atom. The molecule has 0 unspecified atom stereocenters. The molecule has 2 heterocycles. The second-order valence-electron chi connectivity index (χ2n) is 7.85. The lowest BCUT2D eigenvalue weighted by molar-refractivity contribution is 0.102. The molecule has 1 aliphatic heterocycles. The zero-order chi connectivity index (χ0) is 19.6. The number of nitrogens with zero attached hydrogens (tertiary/aromatic N) is 2. The van der Waals surface area contributed by atoms with Gasteiger partial charge in [0.25, 0.3) is 5.91 Å². The minimum atomic E-state index is -0.122. The maximum atomic E-state index is 12.6. The first-order chi connectivity index (χ1) is 14.2. The molecule has 0 saturated carbocycles. The third-order valence-electron chi connectivity index (χ3n) is 5.81.